The summed E-state index contributed by atoms with van der Waals surface area (Å²) in [4.78, 5) is 26.9. The van der Waals surface area contributed by atoms with E-state index in [0.717, 1.165) is 11.3 Å². The Bertz CT molecular complexity index is 760. The Morgan fingerprint density at radius 2 is 1.77 bits per heavy atom. The Labute approximate surface area is 153 Å². The summed E-state index contributed by atoms with van der Waals surface area (Å²) in [5, 5.41) is 13.7. The van der Waals surface area contributed by atoms with Crippen molar-refractivity contribution >= 4 is 23.0 Å². The minimum atomic E-state index is -0.500. The Balaban J connectivity index is 1.99. The van der Waals surface area contributed by atoms with Crippen LogP contribution in [0.25, 0.3) is 0 Å². The summed E-state index contributed by atoms with van der Waals surface area (Å²) in [6.45, 7) is 3.47. The summed E-state index contributed by atoms with van der Waals surface area (Å²) >= 11 is 0. The molecule has 2 rings (SSSR count). The maximum Gasteiger partial charge on any atom is 0.292 e. The van der Waals surface area contributed by atoms with Gasteiger partial charge in [0.1, 0.15) is 5.69 Å². The third kappa shape index (κ3) is 5.29. The van der Waals surface area contributed by atoms with E-state index in [-0.39, 0.29) is 23.8 Å². The van der Waals surface area contributed by atoms with Crippen LogP contribution in [0.5, 0.6) is 0 Å². The molecule has 0 aliphatic heterocycles. The fourth-order valence-electron chi connectivity index (χ4n) is 2.57. The second-order valence-electron chi connectivity index (χ2n) is 6.19. The molecule has 0 atom stereocenters. The minimum absolute atomic E-state index is 0.108. The van der Waals surface area contributed by atoms with E-state index < -0.39 is 4.92 Å². The number of para-hydroxylation sites is 2. The predicted octanol–water partition coefficient (Wildman–Crippen LogP) is 3.12. The van der Waals surface area contributed by atoms with Gasteiger partial charge in [0.2, 0.25) is 5.91 Å². The second-order valence-corrected chi connectivity index (χ2v) is 6.19. The molecule has 0 heterocycles. The number of hydrogen-bond acceptors (Lipinski definition) is 5. The van der Waals surface area contributed by atoms with E-state index in [9.17, 15) is 14.9 Å². The van der Waals surface area contributed by atoms with Crippen LogP contribution in [0.15, 0.2) is 48.5 Å². The van der Waals surface area contributed by atoms with Crippen LogP contribution in [0.3, 0.4) is 0 Å². The summed E-state index contributed by atoms with van der Waals surface area (Å²) in [5.74, 6) is -0.272. The summed E-state index contributed by atoms with van der Waals surface area (Å²) in [5.41, 5.74) is 2.33. The number of likely N-dealkylation sites (N-methyl/N-ethyl adjacent to an activating group) is 1. The fraction of sp³-hybridized carbons (Fsp3) is 0.316. The number of nitro groups is 1. The first-order valence-corrected chi connectivity index (χ1v) is 8.42. The molecule has 0 aliphatic carbocycles. The molecule has 138 valence electrons. The highest BCUT2D eigenvalue weighted by Crippen LogP contribution is 2.23. The number of anilines is 2. The van der Waals surface area contributed by atoms with Gasteiger partial charge in [-0.2, -0.15) is 0 Å². The number of amides is 1. The van der Waals surface area contributed by atoms with Gasteiger partial charge in [0.25, 0.3) is 5.69 Å². The van der Waals surface area contributed by atoms with E-state index >= 15 is 0 Å². The zero-order valence-electron chi connectivity index (χ0n) is 15.3. The van der Waals surface area contributed by atoms with Crippen molar-refractivity contribution in [2.75, 3.05) is 37.4 Å². The molecule has 7 heteroatoms. The van der Waals surface area contributed by atoms with Gasteiger partial charge in [-0.25, -0.2) is 0 Å². The molecule has 2 aromatic carbocycles. The lowest BCUT2D eigenvalue weighted by Gasteiger charge is -2.20. The van der Waals surface area contributed by atoms with Crippen LogP contribution < -0.4 is 10.2 Å². The normalized spacial score (nSPS) is 10.6. The van der Waals surface area contributed by atoms with Crippen molar-refractivity contribution in [2.24, 2.45) is 0 Å². The monoisotopic (exact) mass is 356 g/mol. The molecule has 0 bridgehead atoms. The Morgan fingerprint density at radius 1 is 1.12 bits per heavy atom. The number of benzene rings is 2. The summed E-state index contributed by atoms with van der Waals surface area (Å²) in [6, 6.07) is 14.3. The zero-order valence-corrected chi connectivity index (χ0v) is 15.3. The Kier molecular flexibility index (Phi) is 6.68. The van der Waals surface area contributed by atoms with Crippen molar-refractivity contribution in [3.63, 3.8) is 0 Å². The number of hydrogen-bond donors (Lipinski definition) is 1. The maximum atomic E-state index is 12.3. The molecule has 0 aliphatic rings. The largest absolute Gasteiger partial charge is 0.378 e. The molecule has 26 heavy (non-hydrogen) atoms. The van der Waals surface area contributed by atoms with Gasteiger partial charge in [0, 0.05) is 32.4 Å². The van der Waals surface area contributed by atoms with Gasteiger partial charge >= 0.3 is 0 Å². The van der Waals surface area contributed by atoms with Crippen molar-refractivity contribution in [1.29, 1.82) is 0 Å². The van der Waals surface area contributed by atoms with Gasteiger partial charge in [-0.3, -0.25) is 19.8 Å². The first-order valence-electron chi connectivity index (χ1n) is 8.42. The average Bonchev–Trinajstić information content (AvgIpc) is 2.61. The molecular weight excluding hydrogens is 332 g/mol. The molecule has 0 unspecified atom stereocenters. The van der Waals surface area contributed by atoms with Crippen molar-refractivity contribution in [3.8, 4) is 0 Å². The van der Waals surface area contributed by atoms with Gasteiger partial charge in [-0.1, -0.05) is 31.2 Å². The van der Waals surface area contributed by atoms with Crippen LogP contribution in [0.2, 0.25) is 0 Å². The Hall–Kier alpha value is -2.93. The summed E-state index contributed by atoms with van der Waals surface area (Å²) in [6.07, 6.45) is 0. The maximum absolute atomic E-state index is 12.3. The van der Waals surface area contributed by atoms with E-state index in [4.69, 9.17) is 0 Å². The van der Waals surface area contributed by atoms with Gasteiger partial charge in [0.05, 0.1) is 11.5 Å². The van der Waals surface area contributed by atoms with Crippen LogP contribution >= 0.6 is 0 Å². The Morgan fingerprint density at radius 3 is 2.35 bits per heavy atom. The number of nitro benzene ring substituents is 1. The van der Waals surface area contributed by atoms with Crippen molar-refractivity contribution in [2.45, 2.75) is 13.5 Å². The highest BCUT2D eigenvalue weighted by atomic mass is 16.6. The van der Waals surface area contributed by atoms with Gasteiger partial charge < -0.3 is 10.2 Å². The van der Waals surface area contributed by atoms with Crippen LogP contribution in [-0.2, 0) is 11.3 Å². The van der Waals surface area contributed by atoms with Gasteiger partial charge in [-0.15, -0.1) is 0 Å². The molecular formula is C19H24N4O3. The lowest BCUT2D eigenvalue weighted by atomic mass is 10.2. The average molecular weight is 356 g/mol. The van der Waals surface area contributed by atoms with Gasteiger partial charge in [0.15, 0.2) is 0 Å². The third-order valence-electron chi connectivity index (χ3n) is 4.05. The molecule has 0 fully saturated rings. The van der Waals surface area contributed by atoms with E-state index in [1.165, 1.54) is 12.1 Å². The molecule has 1 amide bonds. The topological polar surface area (TPSA) is 78.7 Å². The highest BCUT2D eigenvalue weighted by Gasteiger charge is 2.16. The van der Waals surface area contributed by atoms with Crippen molar-refractivity contribution in [3.05, 3.63) is 64.2 Å². The fourth-order valence-corrected chi connectivity index (χ4v) is 2.57. The lowest BCUT2D eigenvalue weighted by molar-refractivity contribution is -0.383. The number of nitrogens with zero attached hydrogens (tertiary/aromatic N) is 3. The van der Waals surface area contributed by atoms with Crippen LogP contribution in [-0.4, -0.2) is 42.9 Å². The van der Waals surface area contributed by atoms with E-state index in [2.05, 4.69) is 5.32 Å². The second kappa shape index (κ2) is 8.96. The molecule has 7 nitrogen and oxygen atoms in total. The molecule has 0 radical (unpaired) electrons. The van der Waals surface area contributed by atoms with Crippen LogP contribution in [0.4, 0.5) is 17.1 Å². The molecule has 1 N–H and O–H groups in total. The number of rotatable bonds is 8. The number of nitrogens with one attached hydrogen (secondary N) is 1. The van der Waals surface area contributed by atoms with Crippen molar-refractivity contribution in [1.82, 2.24) is 4.90 Å². The minimum Gasteiger partial charge on any atom is -0.378 e. The third-order valence-corrected chi connectivity index (χ3v) is 4.05. The van der Waals surface area contributed by atoms with Crippen molar-refractivity contribution < 1.29 is 9.72 Å². The van der Waals surface area contributed by atoms with Crippen LogP contribution in [0, 0.1) is 10.1 Å². The lowest BCUT2D eigenvalue weighted by Crippen LogP contribution is -2.32. The van der Waals surface area contributed by atoms with E-state index in [1.807, 2.05) is 55.1 Å². The molecule has 0 spiro atoms. The van der Waals surface area contributed by atoms with E-state index in [1.54, 1.807) is 12.1 Å². The first-order chi connectivity index (χ1) is 12.4. The van der Waals surface area contributed by atoms with Crippen LogP contribution in [0.1, 0.15) is 12.5 Å². The summed E-state index contributed by atoms with van der Waals surface area (Å²) in [7, 11) is 3.97. The number of carbonyl (C=O) groups excluding carboxylic acids is 1. The molecule has 0 saturated carbocycles. The van der Waals surface area contributed by atoms with E-state index in [0.29, 0.717) is 13.1 Å². The highest BCUT2D eigenvalue weighted by molar-refractivity contribution is 5.94. The first kappa shape index (κ1) is 19.4. The zero-order chi connectivity index (χ0) is 19.1. The predicted molar refractivity (Wildman–Crippen MR) is 103 cm³/mol. The standard InChI is InChI=1S/C19H24N4O3/c1-4-22(13-15-9-11-16(12-10-15)21(2)3)14-19(24)20-17-7-5-6-8-18(17)23(25)26/h5-12H,4,13-14H2,1-3H3,(H,20,24). The molecule has 0 saturated heterocycles. The quantitative estimate of drug-likeness (QED) is 0.581. The smallest absolute Gasteiger partial charge is 0.292 e. The van der Waals surface area contributed by atoms with Gasteiger partial charge in [-0.05, 0) is 30.3 Å². The SMILES string of the molecule is CCN(CC(=O)Nc1ccccc1[N+](=O)[O-])Cc1ccc(N(C)C)cc1. The summed E-state index contributed by atoms with van der Waals surface area (Å²) < 4.78 is 0. The number of carbonyl (C=O) groups is 1. The molecule has 2 aromatic rings. The molecule has 0 aromatic heterocycles.